The van der Waals surface area contributed by atoms with Crippen LogP contribution in [-0.2, 0) is 6.54 Å². The first-order valence-electron chi connectivity index (χ1n) is 5.53. The van der Waals surface area contributed by atoms with Gasteiger partial charge in [-0.2, -0.15) is 0 Å². The van der Waals surface area contributed by atoms with Gasteiger partial charge in [0.05, 0.1) is 6.54 Å². The summed E-state index contributed by atoms with van der Waals surface area (Å²) >= 11 is 3.41. The van der Waals surface area contributed by atoms with Crippen molar-refractivity contribution >= 4 is 45.9 Å². The number of nitrogens with zero attached hydrogens (tertiary/aromatic N) is 1. The lowest BCUT2D eigenvalue weighted by molar-refractivity contribution is 0.839. The van der Waals surface area contributed by atoms with E-state index in [0.29, 0.717) is 6.54 Å². The molecule has 0 aliphatic rings. The van der Waals surface area contributed by atoms with Gasteiger partial charge in [-0.3, -0.25) is 0 Å². The second kappa shape index (κ2) is 9.70. The Morgan fingerprint density at radius 1 is 1.12 bits per heavy atom. The Labute approximate surface area is 129 Å². The third kappa shape index (κ3) is 6.88. The standard InChI is InChI=1S/C12H18BrN3.HI/c1-3-14-12(15-4-2)16-9-10-5-7-11(13)8-6-10;/h5-8H,3-4,9H2,1-2H3,(H2,14,15,16);1H. The summed E-state index contributed by atoms with van der Waals surface area (Å²) in [7, 11) is 0. The number of rotatable bonds is 4. The molecule has 1 rings (SSSR count). The maximum Gasteiger partial charge on any atom is 0.191 e. The van der Waals surface area contributed by atoms with Gasteiger partial charge in [0.1, 0.15) is 0 Å². The van der Waals surface area contributed by atoms with Crippen molar-refractivity contribution < 1.29 is 0 Å². The molecule has 0 fully saturated rings. The summed E-state index contributed by atoms with van der Waals surface area (Å²) in [5.41, 5.74) is 1.21. The molecule has 96 valence electrons. The lowest BCUT2D eigenvalue weighted by Crippen LogP contribution is -2.36. The highest BCUT2D eigenvalue weighted by Gasteiger charge is 1.95. The van der Waals surface area contributed by atoms with E-state index in [1.54, 1.807) is 0 Å². The molecule has 1 aromatic carbocycles. The smallest absolute Gasteiger partial charge is 0.191 e. The fraction of sp³-hybridized carbons (Fsp3) is 0.417. The summed E-state index contributed by atoms with van der Waals surface area (Å²) in [5, 5.41) is 6.39. The molecular weight excluding hydrogens is 393 g/mol. The SMILES string of the molecule is CCNC(=NCc1ccc(Br)cc1)NCC.I. The van der Waals surface area contributed by atoms with E-state index >= 15 is 0 Å². The van der Waals surface area contributed by atoms with E-state index in [-0.39, 0.29) is 24.0 Å². The van der Waals surface area contributed by atoms with E-state index in [1.807, 2.05) is 12.1 Å². The fourth-order valence-electron chi connectivity index (χ4n) is 1.27. The van der Waals surface area contributed by atoms with Crippen LogP contribution in [-0.4, -0.2) is 19.0 Å². The van der Waals surface area contributed by atoms with Gasteiger partial charge in [-0.1, -0.05) is 28.1 Å². The Balaban J connectivity index is 0.00000256. The molecule has 5 heteroatoms. The number of hydrogen-bond acceptors (Lipinski definition) is 1. The predicted octanol–water partition coefficient (Wildman–Crippen LogP) is 3.14. The van der Waals surface area contributed by atoms with Crippen molar-refractivity contribution in [2.24, 2.45) is 4.99 Å². The molecule has 0 saturated carbocycles. The zero-order valence-electron chi connectivity index (χ0n) is 10.2. The monoisotopic (exact) mass is 411 g/mol. The van der Waals surface area contributed by atoms with Crippen molar-refractivity contribution in [3.8, 4) is 0 Å². The van der Waals surface area contributed by atoms with Crippen LogP contribution >= 0.6 is 39.9 Å². The summed E-state index contributed by atoms with van der Waals surface area (Å²) in [6.45, 7) is 6.58. The van der Waals surface area contributed by atoms with Crippen molar-refractivity contribution in [1.29, 1.82) is 0 Å². The number of halogens is 2. The third-order valence-electron chi connectivity index (χ3n) is 2.02. The number of hydrogen-bond donors (Lipinski definition) is 2. The summed E-state index contributed by atoms with van der Waals surface area (Å²) in [6.07, 6.45) is 0. The average Bonchev–Trinajstić information content (AvgIpc) is 2.29. The first-order chi connectivity index (χ1) is 7.76. The van der Waals surface area contributed by atoms with Gasteiger partial charge in [-0.05, 0) is 31.5 Å². The van der Waals surface area contributed by atoms with E-state index in [4.69, 9.17) is 0 Å². The van der Waals surface area contributed by atoms with Crippen molar-refractivity contribution in [2.75, 3.05) is 13.1 Å². The maximum absolute atomic E-state index is 4.48. The number of aliphatic imine (C=N–C) groups is 1. The van der Waals surface area contributed by atoms with E-state index in [2.05, 4.69) is 57.5 Å². The lowest BCUT2D eigenvalue weighted by Gasteiger charge is -2.08. The Morgan fingerprint density at radius 2 is 1.65 bits per heavy atom. The first-order valence-corrected chi connectivity index (χ1v) is 6.32. The van der Waals surface area contributed by atoms with E-state index in [0.717, 1.165) is 23.5 Å². The van der Waals surface area contributed by atoms with Crippen LogP contribution in [0.5, 0.6) is 0 Å². The van der Waals surface area contributed by atoms with Crippen molar-refractivity contribution in [2.45, 2.75) is 20.4 Å². The summed E-state index contributed by atoms with van der Waals surface area (Å²) in [4.78, 5) is 4.48. The van der Waals surface area contributed by atoms with Crippen LogP contribution in [0.15, 0.2) is 33.7 Å². The molecule has 0 aliphatic carbocycles. The van der Waals surface area contributed by atoms with Crippen LogP contribution in [0.2, 0.25) is 0 Å². The van der Waals surface area contributed by atoms with Crippen LogP contribution in [0, 0.1) is 0 Å². The van der Waals surface area contributed by atoms with Gasteiger partial charge in [0.15, 0.2) is 5.96 Å². The first kappa shape index (κ1) is 16.7. The largest absolute Gasteiger partial charge is 0.357 e. The number of guanidine groups is 1. The molecule has 0 aromatic heterocycles. The average molecular weight is 412 g/mol. The van der Waals surface area contributed by atoms with Crippen LogP contribution in [0.4, 0.5) is 0 Å². The zero-order chi connectivity index (χ0) is 11.8. The van der Waals surface area contributed by atoms with Gasteiger partial charge < -0.3 is 10.6 Å². The minimum absolute atomic E-state index is 0. The second-order valence-corrected chi connectivity index (χ2v) is 4.27. The molecular formula is C12H19BrIN3. The molecule has 0 heterocycles. The molecule has 2 N–H and O–H groups in total. The molecule has 0 amide bonds. The molecule has 0 saturated heterocycles. The maximum atomic E-state index is 4.48. The molecule has 0 bridgehead atoms. The third-order valence-corrected chi connectivity index (χ3v) is 2.55. The van der Waals surface area contributed by atoms with Crippen molar-refractivity contribution in [3.05, 3.63) is 34.3 Å². The minimum atomic E-state index is 0. The predicted molar refractivity (Wildman–Crippen MR) is 88.0 cm³/mol. The highest BCUT2D eigenvalue weighted by Crippen LogP contribution is 2.10. The van der Waals surface area contributed by atoms with Crippen LogP contribution < -0.4 is 10.6 Å². The Bertz CT molecular complexity index is 330. The zero-order valence-corrected chi connectivity index (χ0v) is 14.1. The van der Waals surface area contributed by atoms with Crippen molar-refractivity contribution in [1.82, 2.24) is 10.6 Å². The quantitative estimate of drug-likeness (QED) is 0.453. The van der Waals surface area contributed by atoms with E-state index in [9.17, 15) is 0 Å². The molecule has 0 spiro atoms. The Hall–Kier alpha value is -0.300. The normalized spacial score (nSPS) is 9.12. The van der Waals surface area contributed by atoms with Gasteiger partial charge in [0, 0.05) is 17.6 Å². The molecule has 3 nitrogen and oxygen atoms in total. The lowest BCUT2D eigenvalue weighted by atomic mass is 10.2. The Morgan fingerprint density at radius 3 is 2.12 bits per heavy atom. The highest BCUT2D eigenvalue weighted by molar-refractivity contribution is 14.0. The van der Waals surface area contributed by atoms with Gasteiger partial charge in [-0.25, -0.2) is 4.99 Å². The highest BCUT2D eigenvalue weighted by atomic mass is 127. The topological polar surface area (TPSA) is 36.4 Å². The van der Waals surface area contributed by atoms with E-state index in [1.165, 1.54) is 5.56 Å². The molecule has 0 aliphatic heterocycles. The molecule has 0 radical (unpaired) electrons. The summed E-state index contributed by atoms with van der Waals surface area (Å²) < 4.78 is 1.10. The van der Waals surface area contributed by atoms with Gasteiger partial charge in [-0.15, -0.1) is 24.0 Å². The Kier molecular flexibility index (Phi) is 9.53. The van der Waals surface area contributed by atoms with E-state index < -0.39 is 0 Å². The van der Waals surface area contributed by atoms with Crippen LogP contribution in [0.3, 0.4) is 0 Å². The van der Waals surface area contributed by atoms with Gasteiger partial charge in [0.2, 0.25) is 0 Å². The summed E-state index contributed by atoms with van der Waals surface area (Å²) in [5.74, 6) is 0.868. The number of benzene rings is 1. The second-order valence-electron chi connectivity index (χ2n) is 3.35. The van der Waals surface area contributed by atoms with Gasteiger partial charge >= 0.3 is 0 Å². The summed E-state index contributed by atoms with van der Waals surface area (Å²) in [6, 6.07) is 8.21. The van der Waals surface area contributed by atoms with Crippen LogP contribution in [0.25, 0.3) is 0 Å². The van der Waals surface area contributed by atoms with Crippen LogP contribution in [0.1, 0.15) is 19.4 Å². The minimum Gasteiger partial charge on any atom is -0.357 e. The number of nitrogens with one attached hydrogen (secondary N) is 2. The molecule has 1 aromatic rings. The fourth-order valence-corrected chi connectivity index (χ4v) is 1.53. The molecule has 0 unspecified atom stereocenters. The van der Waals surface area contributed by atoms with Crippen molar-refractivity contribution in [3.63, 3.8) is 0 Å². The molecule has 17 heavy (non-hydrogen) atoms. The van der Waals surface area contributed by atoms with Gasteiger partial charge in [0.25, 0.3) is 0 Å². The molecule has 0 atom stereocenters.